The van der Waals surface area contributed by atoms with E-state index in [4.69, 9.17) is 32.7 Å². The Bertz CT molecular complexity index is 929. The summed E-state index contributed by atoms with van der Waals surface area (Å²) < 4.78 is 9.66. The number of halogens is 2. The lowest BCUT2D eigenvalue weighted by Crippen LogP contribution is -2.44. The molecule has 1 unspecified atom stereocenters. The molecule has 1 N–H and O–H groups in total. The number of ketones is 1. The first kappa shape index (κ1) is 24.3. The summed E-state index contributed by atoms with van der Waals surface area (Å²) in [6, 6.07) is 3.90. The zero-order valence-electron chi connectivity index (χ0n) is 16.7. The molecule has 2 aromatic rings. The molecule has 1 amide bonds. The Balaban J connectivity index is 2.07. The van der Waals surface area contributed by atoms with E-state index in [2.05, 4.69) is 27.3 Å². The molecule has 1 heterocycles. The number of carbonyl (C=O) groups excluding carboxylic acids is 3. The summed E-state index contributed by atoms with van der Waals surface area (Å²) in [7, 11) is 0. The van der Waals surface area contributed by atoms with Gasteiger partial charge < -0.3 is 14.8 Å². The van der Waals surface area contributed by atoms with Crippen molar-refractivity contribution < 1.29 is 23.9 Å². The van der Waals surface area contributed by atoms with Gasteiger partial charge in [-0.1, -0.05) is 41.9 Å². The molecule has 0 spiro atoms. The van der Waals surface area contributed by atoms with E-state index < -0.39 is 23.9 Å². The van der Waals surface area contributed by atoms with E-state index in [1.165, 1.54) is 6.08 Å². The number of ether oxygens (including phenoxy) is 2. The molecule has 166 valence electrons. The van der Waals surface area contributed by atoms with E-state index in [0.717, 1.165) is 4.80 Å². The molecule has 1 aromatic carbocycles. The van der Waals surface area contributed by atoms with Crippen molar-refractivity contribution in [2.45, 2.75) is 32.4 Å². The normalized spacial score (nSPS) is 11.5. The minimum Gasteiger partial charge on any atom is -0.466 e. The van der Waals surface area contributed by atoms with Gasteiger partial charge in [-0.2, -0.15) is 4.80 Å². The highest BCUT2D eigenvalue weighted by atomic mass is 35.5. The maximum absolute atomic E-state index is 12.7. The van der Waals surface area contributed by atoms with Crippen LogP contribution in [0.4, 0.5) is 4.79 Å². The van der Waals surface area contributed by atoms with Gasteiger partial charge in [-0.15, -0.1) is 10.2 Å². The van der Waals surface area contributed by atoms with E-state index in [1.54, 1.807) is 25.1 Å². The van der Waals surface area contributed by atoms with E-state index >= 15 is 0 Å². The van der Waals surface area contributed by atoms with Crippen molar-refractivity contribution in [1.29, 1.82) is 0 Å². The minimum absolute atomic E-state index is 0.0508. The van der Waals surface area contributed by atoms with E-state index in [-0.39, 0.29) is 32.6 Å². The van der Waals surface area contributed by atoms with E-state index in [1.807, 2.05) is 0 Å². The number of hydrogen-bond acceptors (Lipinski definition) is 8. The Morgan fingerprint density at radius 3 is 2.61 bits per heavy atom. The van der Waals surface area contributed by atoms with Gasteiger partial charge >= 0.3 is 12.1 Å². The predicted octanol–water partition coefficient (Wildman–Crippen LogP) is 2.37. The number of carbonyl (C=O) groups is 3. The number of nitrogens with zero attached hydrogens (tertiary/aromatic N) is 4. The monoisotopic (exact) mass is 469 g/mol. The number of tetrazole rings is 1. The smallest absolute Gasteiger partial charge is 0.408 e. The van der Waals surface area contributed by atoms with Crippen molar-refractivity contribution in [3.05, 3.63) is 52.3 Å². The van der Waals surface area contributed by atoms with Crippen LogP contribution >= 0.6 is 23.2 Å². The lowest BCUT2D eigenvalue weighted by Gasteiger charge is -2.16. The quantitative estimate of drug-likeness (QED) is 0.392. The summed E-state index contributed by atoms with van der Waals surface area (Å²) in [5, 5.41) is 15.1. The fraction of sp³-hybridized carbons (Fsp3) is 0.368. The van der Waals surface area contributed by atoms with Crippen molar-refractivity contribution in [3.8, 4) is 0 Å². The summed E-state index contributed by atoms with van der Waals surface area (Å²) in [6.45, 7) is 4.81. The number of rotatable bonds is 11. The fourth-order valence-electron chi connectivity index (χ4n) is 2.47. The number of esters is 1. The molecule has 0 aliphatic heterocycles. The third-order valence-corrected chi connectivity index (χ3v) is 4.59. The molecule has 0 fully saturated rings. The maximum Gasteiger partial charge on any atom is 0.408 e. The van der Waals surface area contributed by atoms with Crippen LogP contribution < -0.4 is 5.32 Å². The molecule has 0 bridgehead atoms. The first-order valence-corrected chi connectivity index (χ1v) is 10.0. The highest BCUT2D eigenvalue weighted by Gasteiger charge is 2.26. The summed E-state index contributed by atoms with van der Waals surface area (Å²) in [5.41, 5.74) is 0.628. The molecule has 0 aliphatic carbocycles. The number of nitrogens with one attached hydrogen (secondary N) is 1. The third kappa shape index (κ3) is 7.65. The van der Waals surface area contributed by atoms with Crippen molar-refractivity contribution in [1.82, 2.24) is 25.5 Å². The summed E-state index contributed by atoms with van der Waals surface area (Å²) in [4.78, 5) is 37.4. The van der Waals surface area contributed by atoms with Crippen molar-refractivity contribution >= 4 is 41.0 Å². The predicted molar refractivity (Wildman–Crippen MR) is 112 cm³/mol. The van der Waals surface area contributed by atoms with Gasteiger partial charge in [0, 0.05) is 16.5 Å². The topological polar surface area (TPSA) is 125 Å². The number of alkyl carbamates (subject to hydrolysis) is 1. The molecule has 12 heteroatoms. The zero-order chi connectivity index (χ0) is 22.8. The van der Waals surface area contributed by atoms with Gasteiger partial charge in [-0.3, -0.25) is 9.59 Å². The molecule has 10 nitrogen and oxygen atoms in total. The molecule has 1 aromatic heterocycles. The average molecular weight is 470 g/mol. The molecule has 0 saturated heterocycles. The van der Waals surface area contributed by atoms with Gasteiger partial charge in [-0.25, -0.2) is 4.79 Å². The van der Waals surface area contributed by atoms with Crippen molar-refractivity contribution in [2.24, 2.45) is 0 Å². The van der Waals surface area contributed by atoms with Crippen molar-refractivity contribution in [3.63, 3.8) is 0 Å². The molecule has 0 radical (unpaired) electrons. The van der Waals surface area contributed by atoms with Crippen LogP contribution in [0.1, 0.15) is 24.7 Å². The number of hydrogen-bond donors (Lipinski definition) is 1. The Morgan fingerprint density at radius 1 is 1.26 bits per heavy atom. The largest absolute Gasteiger partial charge is 0.466 e. The van der Waals surface area contributed by atoms with Crippen LogP contribution in [0, 0.1) is 0 Å². The zero-order valence-corrected chi connectivity index (χ0v) is 18.2. The summed E-state index contributed by atoms with van der Waals surface area (Å²) >= 11 is 12.3. The van der Waals surface area contributed by atoms with Gasteiger partial charge in [-0.05, 0) is 29.8 Å². The first-order valence-electron chi connectivity index (χ1n) is 9.26. The minimum atomic E-state index is -1.19. The summed E-state index contributed by atoms with van der Waals surface area (Å²) in [6.07, 6.45) is 0.342. The van der Waals surface area contributed by atoms with Crippen LogP contribution in [0.15, 0.2) is 30.9 Å². The molecular formula is C19H21Cl2N5O5. The third-order valence-electron chi connectivity index (χ3n) is 3.88. The highest BCUT2D eigenvalue weighted by Crippen LogP contribution is 2.25. The Kier molecular flexibility index (Phi) is 9.41. The molecule has 1 atom stereocenters. The van der Waals surface area contributed by atoms with Crippen LogP contribution in [0.25, 0.3) is 0 Å². The van der Waals surface area contributed by atoms with Gasteiger partial charge in [0.2, 0.25) is 0 Å². The number of Topliss-reactive ketones (excluding diaryl/α,β-unsaturated/α-hetero) is 1. The Labute approximate surface area is 188 Å². The second kappa shape index (κ2) is 12.0. The number of aromatic nitrogens is 4. The van der Waals surface area contributed by atoms with Gasteiger partial charge in [0.15, 0.2) is 11.6 Å². The van der Waals surface area contributed by atoms with Gasteiger partial charge in [0.1, 0.15) is 19.2 Å². The number of amides is 1. The van der Waals surface area contributed by atoms with Gasteiger partial charge in [0.25, 0.3) is 0 Å². The van der Waals surface area contributed by atoms with Crippen LogP contribution in [-0.4, -0.2) is 57.3 Å². The highest BCUT2D eigenvalue weighted by molar-refractivity contribution is 6.36. The van der Waals surface area contributed by atoms with E-state index in [9.17, 15) is 14.4 Å². The van der Waals surface area contributed by atoms with Gasteiger partial charge in [0.05, 0.1) is 13.0 Å². The molecule has 2 rings (SSSR count). The van der Waals surface area contributed by atoms with Crippen LogP contribution in [0.2, 0.25) is 10.0 Å². The second-order valence-electron chi connectivity index (χ2n) is 6.17. The second-order valence-corrected chi connectivity index (χ2v) is 6.99. The fourth-order valence-corrected chi connectivity index (χ4v) is 3.00. The van der Waals surface area contributed by atoms with Crippen LogP contribution in [0.3, 0.4) is 0 Å². The molecule has 0 aliphatic rings. The lowest BCUT2D eigenvalue weighted by atomic mass is 10.1. The molecule has 0 saturated carbocycles. The van der Waals surface area contributed by atoms with Crippen LogP contribution in [0.5, 0.6) is 0 Å². The lowest BCUT2D eigenvalue weighted by molar-refractivity contribution is -0.145. The summed E-state index contributed by atoms with van der Waals surface area (Å²) in [5.74, 6) is -0.892. The average Bonchev–Trinajstić information content (AvgIpc) is 3.16. The Morgan fingerprint density at radius 2 is 1.97 bits per heavy atom. The molecular weight excluding hydrogens is 449 g/mol. The first-order chi connectivity index (χ1) is 14.8. The standard InChI is InChI=1S/C19H21Cl2N5O5/c1-3-8-31-19(29)22-15(10-18(28)30-4-2)16(27)11-26-24-17(23-25-26)9-12-13(20)6-5-7-14(12)21/h3,5-7,15H,1,4,8-11H2,2H3,(H,22,29). The number of benzene rings is 1. The molecule has 31 heavy (non-hydrogen) atoms. The Hall–Kier alpha value is -2.98. The van der Waals surface area contributed by atoms with Crippen molar-refractivity contribution in [2.75, 3.05) is 13.2 Å². The van der Waals surface area contributed by atoms with Crippen LogP contribution in [-0.2, 0) is 32.0 Å². The maximum atomic E-state index is 12.7. The van der Waals surface area contributed by atoms with E-state index in [0.29, 0.717) is 21.4 Å². The SMILES string of the molecule is C=CCOC(=O)NC(CC(=O)OCC)C(=O)Cn1nnc(Cc2c(Cl)cccc2Cl)n1.